The quantitative estimate of drug-likeness (QED) is 0.587. The molecule has 6 nitrogen and oxygen atoms in total. The Bertz CT molecular complexity index is 399. The van der Waals surface area contributed by atoms with Gasteiger partial charge in [0.25, 0.3) is 0 Å². The van der Waals surface area contributed by atoms with Gasteiger partial charge in [0.15, 0.2) is 20.9 Å². The largest absolute Gasteiger partial charge is 0.414 e. The molecule has 1 fully saturated rings. The van der Waals surface area contributed by atoms with E-state index in [1.807, 2.05) is 6.92 Å². The van der Waals surface area contributed by atoms with Crippen LogP contribution in [0.2, 0.25) is 18.1 Å². The summed E-state index contributed by atoms with van der Waals surface area (Å²) in [6.07, 6.45) is 0.840. The third-order valence-corrected chi connectivity index (χ3v) is 10.6. The molecule has 2 N–H and O–H groups in total. The van der Waals surface area contributed by atoms with E-state index >= 15 is 0 Å². The molecule has 7 heteroatoms. The first-order chi connectivity index (χ1) is 11.9. The van der Waals surface area contributed by atoms with Gasteiger partial charge in [0.2, 0.25) is 0 Å². The fourth-order valence-electron chi connectivity index (χ4n) is 3.08. The summed E-state index contributed by atoms with van der Waals surface area (Å²) in [4.78, 5) is 0. The summed E-state index contributed by atoms with van der Waals surface area (Å²) in [5.41, 5.74) is 0. The molecule has 0 aromatic rings. The molecular weight excluding hydrogens is 352 g/mol. The van der Waals surface area contributed by atoms with Crippen LogP contribution in [0.25, 0.3) is 0 Å². The normalized spacial score (nSPS) is 28.6. The Kier molecular flexibility index (Phi) is 9.20. The van der Waals surface area contributed by atoms with Crippen LogP contribution in [-0.4, -0.2) is 64.1 Å². The maximum absolute atomic E-state index is 10.2. The number of hydrogen-bond acceptors (Lipinski definition) is 6. The number of ether oxygens (including phenoxy) is 3. The van der Waals surface area contributed by atoms with Crippen molar-refractivity contribution in [3.63, 3.8) is 0 Å². The fraction of sp³-hybridized carbons (Fsp3) is 1.00. The van der Waals surface area contributed by atoms with Gasteiger partial charge in [-0.1, -0.05) is 27.7 Å². The van der Waals surface area contributed by atoms with E-state index in [-0.39, 0.29) is 36.2 Å². The van der Waals surface area contributed by atoms with Gasteiger partial charge in [0.05, 0.1) is 18.8 Å². The van der Waals surface area contributed by atoms with Crippen LogP contribution in [0.5, 0.6) is 0 Å². The molecule has 1 heterocycles. The van der Waals surface area contributed by atoms with Crippen molar-refractivity contribution in [2.45, 2.75) is 89.9 Å². The van der Waals surface area contributed by atoms with Crippen molar-refractivity contribution < 1.29 is 28.8 Å². The van der Waals surface area contributed by atoms with E-state index in [1.165, 1.54) is 0 Å². The molecule has 1 unspecified atom stereocenters. The van der Waals surface area contributed by atoms with Crippen molar-refractivity contribution in [1.29, 1.82) is 0 Å². The minimum Gasteiger partial charge on any atom is -0.414 e. The highest BCUT2D eigenvalue weighted by Gasteiger charge is 2.42. The molecule has 1 aliphatic rings. The Morgan fingerprint density at radius 3 is 2.00 bits per heavy atom. The van der Waals surface area contributed by atoms with E-state index in [9.17, 15) is 10.2 Å². The molecule has 0 amide bonds. The average Bonchev–Trinajstić information content (AvgIpc) is 2.58. The lowest BCUT2D eigenvalue weighted by Gasteiger charge is -2.43. The van der Waals surface area contributed by atoms with Gasteiger partial charge in [-0.2, -0.15) is 0 Å². The lowest BCUT2D eigenvalue weighted by molar-refractivity contribution is -0.264. The standard InChI is InChI=1S/C19H40O6Si/c1-13(15(21)12-20)16(25-26(7,8)19(2,3)4)9-14-10-17(22-5)24-18(11-14)23-6/h13-18,20-21H,9-12H2,1-8H3/t13-,15?,16-,17+,18+/m1/s1. The van der Waals surface area contributed by atoms with Gasteiger partial charge < -0.3 is 28.8 Å². The second kappa shape index (κ2) is 9.96. The Labute approximate surface area is 160 Å². The zero-order valence-corrected chi connectivity index (χ0v) is 18.8. The van der Waals surface area contributed by atoms with Gasteiger partial charge in [-0.05, 0) is 30.5 Å². The van der Waals surface area contributed by atoms with Crippen LogP contribution in [0.15, 0.2) is 0 Å². The summed E-state index contributed by atoms with van der Waals surface area (Å²) in [5, 5.41) is 19.7. The summed E-state index contributed by atoms with van der Waals surface area (Å²) >= 11 is 0. The number of methoxy groups -OCH3 is 2. The molecule has 0 aliphatic carbocycles. The third kappa shape index (κ3) is 6.55. The molecule has 156 valence electrons. The van der Waals surface area contributed by atoms with Crippen LogP contribution in [0.1, 0.15) is 47.0 Å². The summed E-state index contributed by atoms with van der Waals surface area (Å²) in [7, 11) is 1.27. The average molecular weight is 393 g/mol. The van der Waals surface area contributed by atoms with Crippen molar-refractivity contribution in [2.75, 3.05) is 20.8 Å². The Morgan fingerprint density at radius 2 is 1.62 bits per heavy atom. The number of hydrogen-bond donors (Lipinski definition) is 2. The van der Waals surface area contributed by atoms with E-state index < -0.39 is 14.4 Å². The monoisotopic (exact) mass is 392 g/mol. The topological polar surface area (TPSA) is 77.4 Å². The zero-order valence-electron chi connectivity index (χ0n) is 17.8. The number of aliphatic hydroxyl groups excluding tert-OH is 2. The summed E-state index contributed by atoms with van der Waals surface area (Å²) < 4.78 is 23.2. The first-order valence-corrected chi connectivity index (χ1v) is 12.5. The Hall–Kier alpha value is -0.0231. The van der Waals surface area contributed by atoms with E-state index in [1.54, 1.807) is 14.2 Å². The van der Waals surface area contributed by atoms with Crippen LogP contribution in [-0.2, 0) is 18.6 Å². The first kappa shape index (κ1) is 24.0. The summed E-state index contributed by atoms with van der Waals surface area (Å²) in [6, 6.07) is 0. The Morgan fingerprint density at radius 1 is 1.12 bits per heavy atom. The van der Waals surface area contributed by atoms with Gasteiger partial charge in [-0.25, -0.2) is 0 Å². The maximum Gasteiger partial charge on any atom is 0.192 e. The van der Waals surface area contributed by atoms with Crippen molar-refractivity contribution in [3.8, 4) is 0 Å². The van der Waals surface area contributed by atoms with Crippen molar-refractivity contribution in [3.05, 3.63) is 0 Å². The van der Waals surface area contributed by atoms with E-state index in [2.05, 4.69) is 33.9 Å². The fourth-order valence-corrected chi connectivity index (χ4v) is 4.51. The van der Waals surface area contributed by atoms with Gasteiger partial charge >= 0.3 is 0 Å². The zero-order chi connectivity index (χ0) is 20.1. The molecule has 1 rings (SSSR count). The lowest BCUT2D eigenvalue weighted by Crippen LogP contribution is -2.48. The molecule has 26 heavy (non-hydrogen) atoms. The van der Waals surface area contributed by atoms with Gasteiger partial charge in [0.1, 0.15) is 0 Å². The van der Waals surface area contributed by atoms with Gasteiger partial charge in [-0.3, -0.25) is 0 Å². The van der Waals surface area contributed by atoms with Crippen molar-refractivity contribution >= 4 is 8.32 Å². The molecule has 0 saturated carbocycles. The lowest BCUT2D eigenvalue weighted by atomic mass is 9.86. The second-order valence-electron chi connectivity index (χ2n) is 9.07. The smallest absolute Gasteiger partial charge is 0.192 e. The van der Waals surface area contributed by atoms with E-state index in [4.69, 9.17) is 18.6 Å². The molecule has 0 spiro atoms. The van der Waals surface area contributed by atoms with Crippen LogP contribution in [0, 0.1) is 11.8 Å². The van der Waals surface area contributed by atoms with Crippen LogP contribution in [0.3, 0.4) is 0 Å². The molecule has 1 saturated heterocycles. The van der Waals surface area contributed by atoms with Crippen LogP contribution >= 0.6 is 0 Å². The van der Waals surface area contributed by atoms with Crippen LogP contribution in [0.4, 0.5) is 0 Å². The number of rotatable bonds is 9. The predicted octanol–water partition coefficient (Wildman–Crippen LogP) is 3.13. The van der Waals surface area contributed by atoms with E-state index in [0.717, 1.165) is 19.3 Å². The number of aliphatic hydroxyl groups is 2. The summed E-state index contributed by atoms with van der Waals surface area (Å²) in [5.74, 6) is 0.153. The molecule has 0 bridgehead atoms. The highest BCUT2D eigenvalue weighted by Crippen LogP contribution is 2.40. The third-order valence-electron chi connectivity index (χ3n) is 6.08. The second-order valence-corrected chi connectivity index (χ2v) is 13.8. The summed E-state index contributed by atoms with van der Waals surface area (Å²) in [6.45, 7) is 12.8. The highest BCUT2D eigenvalue weighted by atomic mass is 28.4. The maximum atomic E-state index is 10.2. The molecule has 0 aromatic carbocycles. The van der Waals surface area contributed by atoms with Crippen molar-refractivity contribution in [1.82, 2.24) is 0 Å². The molecule has 1 aliphatic heterocycles. The minimum absolute atomic E-state index is 0.0783. The molecule has 5 atom stereocenters. The first-order valence-electron chi connectivity index (χ1n) is 9.63. The van der Waals surface area contributed by atoms with Gasteiger partial charge in [0, 0.05) is 33.0 Å². The Balaban J connectivity index is 2.94. The minimum atomic E-state index is -2.01. The molecule has 0 radical (unpaired) electrons. The van der Waals surface area contributed by atoms with Crippen molar-refractivity contribution in [2.24, 2.45) is 11.8 Å². The SMILES string of the molecule is CO[C@@H]1CC(C[C@@H](O[Si](C)(C)C(C)(C)C)[C@H](C)C(O)CO)C[C@@H](OC)O1. The van der Waals surface area contributed by atoms with E-state index in [0.29, 0.717) is 5.92 Å². The molecular formula is C19H40O6Si. The predicted molar refractivity (Wildman–Crippen MR) is 104 cm³/mol. The highest BCUT2D eigenvalue weighted by molar-refractivity contribution is 6.74. The molecule has 0 aromatic heterocycles. The van der Waals surface area contributed by atoms with Gasteiger partial charge in [-0.15, -0.1) is 0 Å². The van der Waals surface area contributed by atoms with Crippen LogP contribution < -0.4 is 0 Å².